The van der Waals surface area contributed by atoms with Crippen molar-refractivity contribution in [3.63, 3.8) is 0 Å². The molecule has 196 valence electrons. The van der Waals surface area contributed by atoms with Crippen molar-refractivity contribution in [3.05, 3.63) is 65.5 Å². The van der Waals surface area contributed by atoms with Gasteiger partial charge in [0.05, 0.1) is 0 Å². The first kappa shape index (κ1) is 26.6. The zero-order valence-corrected chi connectivity index (χ0v) is 22.1. The maximum Gasteiger partial charge on any atom is 0.237 e. The first-order valence-corrected chi connectivity index (χ1v) is 15.6. The summed E-state index contributed by atoms with van der Waals surface area (Å²) in [5, 5.41) is -0.640. The molecule has 11 heteroatoms. The van der Waals surface area contributed by atoms with Crippen LogP contribution >= 0.6 is 0 Å². The van der Waals surface area contributed by atoms with Gasteiger partial charge in [0, 0.05) is 56.3 Å². The number of carbonyl (C=O) groups is 1. The number of amides is 1. The summed E-state index contributed by atoms with van der Waals surface area (Å²) >= 11 is 0. The predicted octanol–water partition coefficient (Wildman–Crippen LogP) is 2.57. The van der Waals surface area contributed by atoms with Gasteiger partial charge in [0.25, 0.3) is 0 Å². The van der Waals surface area contributed by atoms with Gasteiger partial charge in [-0.3, -0.25) is 4.79 Å². The van der Waals surface area contributed by atoms with Crippen LogP contribution in [0.3, 0.4) is 0 Å². The van der Waals surface area contributed by atoms with E-state index in [9.17, 15) is 21.6 Å². The van der Waals surface area contributed by atoms with Crippen LogP contribution in [0.2, 0.25) is 0 Å². The van der Waals surface area contributed by atoms with Gasteiger partial charge in [0.2, 0.25) is 15.9 Å². The Balaban J connectivity index is 1.44. The number of sulfonamides is 1. The van der Waals surface area contributed by atoms with Gasteiger partial charge in [0.1, 0.15) is 16.8 Å². The lowest BCUT2D eigenvalue weighted by Crippen LogP contribution is -2.50. The molecule has 0 N–H and O–H groups in total. The van der Waals surface area contributed by atoms with Crippen LogP contribution in [0.15, 0.2) is 48.5 Å². The molecule has 0 spiro atoms. The number of sulfone groups is 1. The molecule has 4 rings (SSSR count). The van der Waals surface area contributed by atoms with Gasteiger partial charge in [-0.25, -0.2) is 21.2 Å². The summed E-state index contributed by atoms with van der Waals surface area (Å²) < 4.78 is 66.3. The standard InChI is InChI=1S/C25H32FN3O5S2/c1-19-8-11-24(20-6-4-3-5-7-20)36(33,34)29(19)17-21-9-10-22(16-23(21)26)27-12-14-28(15-13-27)25(30)18-35(2,31)32/h3-7,9-10,16,19,24H,8,11-15,17-18H2,1-2H3/t19-,24?/m0/s1. The van der Waals surface area contributed by atoms with E-state index in [1.54, 1.807) is 12.1 Å². The van der Waals surface area contributed by atoms with E-state index in [1.807, 2.05) is 42.2 Å². The molecular formula is C25H32FN3O5S2. The minimum atomic E-state index is -3.66. The van der Waals surface area contributed by atoms with Crippen LogP contribution in [0.5, 0.6) is 0 Å². The zero-order valence-electron chi connectivity index (χ0n) is 20.5. The third kappa shape index (κ3) is 5.90. The zero-order chi connectivity index (χ0) is 26.1. The number of benzene rings is 2. The molecule has 36 heavy (non-hydrogen) atoms. The minimum Gasteiger partial charge on any atom is -0.368 e. The topological polar surface area (TPSA) is 95.1 Å². The summed E-state index contributed by atoms with van der Waals surface area (Å²) in [6, 6.07) is 13.7. The van der Waals surface area contributed by atoms with E-state index in [1.165, 1.54) is 15.3 Å². The van der Waals surface area contributed by atoms with Crippen LogP contribution in [0.25, 0.3) is 0 Å². The van der Waals surface area contributed by atoms with E-state index in [0.717, 1.165) is 11.8 Å². The Morgan fingerprint density at radius 2 is 1.69 bits per heavy atom. The Morgan fingerprint density at radius 1 is 1.03 bits per heavy atom. The van der Waals surface area contributed by atoms with Crippen molar-refractivity contribution in [1.82, 2.24) is 9.21 Å². The van der Waals surface area contributed by atoms with Crippen molar-refractivity contribution >= 4 is 31.5 Å². The molecule has 1 unspecified atom stereocenters. The maximum atomic E-state index is 15.2. The molecule has 1 amide bonds. The highest BCUT2D eigenvalue weighted by molar-refractivity contribution is 7.91. The molecule has 0 bridgehead atoms. The van der Waals surface area contributed by atoms with E-state index in [0.29, 0.717) is 50.3 Å². The fourth-order valence-electron chi connectivity index (χ4n) is 4.91. The summed E-state index contributed by atoms with van der Waals surface area (Å²) in [5.74, 6) is -1.42. The second-order valence-corrected chi connectivity index (χ2v) is 13.8. The molecule has 2 fully saturated rings. The lowest BCUT2D eigenvalue weighted by molar-refractivity contribution is -0.128. The van der Waals surface area contributed by atoms with E-state index in [2.05, 4.69) is 0 Å². The van der Waals surface area contributed by atoms with Gasteiger partial charge in [-0.15, -0.1) is 0 Å². The molecule has 2 saturated heterocycles. The monoisotopic (exact) mass is 537 g/mol. The number of nitrogens with zero attached hydrogens (tertiary/aromatic N) is 3. The summed E-state index contributed by atoms with van der Waals surface area (Å²) in [6.07, 6.45) is 2.26. The molecule has 0 aliphatic carbocycles. The fraction of sp³-hybridized carbons (Fsp3) is 0.480. The SMILES string of the molecule is C[C@H]1CCC(c2ccccc2)S(=O)(=O)N1Cc1ccc(N2CCN(C(=O)CS(C)(=O)=O)CC2)cc1F. The largest absolute Gasteiger partial charge is 0.368 e. The molecule has 0 radical (unpaired) electrons. The van der Waals surface area contributed by atoms with Crippen LogP contribution in [0.4, 0.5) is 10.1 Å². The average Bonchev–Trinajstić information content (AvgIpc) is 2.82. The summed E-state index contributed by atoms with van der Waals surface area (Å²) in [4.78, 5) is 15.6. The van der Waals surface area contributed by atoms with Gasteiger partial charge in [0.15, 0.2) is 9.84 Å². The van der Waals surface area contributed by atoms with Gasteiger partial charge in [-0.1, -0.05) is 36.4 Å². The molecule has 2 aromatic rings. The van der Waals surface area contributed by atoms with Crippen molar-refractivity contribution in [3.8, 4) is 0 Å². The average molecular weight is 538 g/mol. The third-order valence-corrected chi connectivity index (χ3v) is 10.1. The Kier molecular flexibility index (Phi) is 7.72. The van der Waals surface area contributed by atoms with Crippen LogP contribution < -0.4 is 4.90 Å². The Bertz CT molecular complexity index is 1310. The lowest BCUT2D eigenvalue weighted by Gasteiger charge is -2.38. The van der Waals surface area contributed by atoms with Crippen LogP contribution in [0.1, 0.15) is 36.1 Å². The van der Waals surface area contributed by atoms with Crippen molar-refractivity contribution in [2.24, 2.45) is 0 Å². The number of hydrogen-bond acceptors (Lipinski definition) is 6. The first-order chi connectivity index (χ1) is 17.0. The fourth-order valence-corrected chi connectivity index (χ4v) is 7.73. The van der Waals surface area contributed by atoms with Gasteiger partial charge in [-0.05, 0) is 37.5 Å². The van der Waals surface area contributed by atoms with Crippen LogP contribution in [-0.2, 0) is 31.2 Å². The van der Waals surface area contributed by atoms with Crippen molar-refractivity contribution in [1.29, 1.82) is 0 Å². The van der Waals surface area contributed by atoms with Crippen molar-refractivity contribution in [2.45, 2.75) is 37.6 Å². The number of hydrogen-bond donors (Lipinski definition) is 0. The molecule has 0 aromatic heterocycles. The minimum absolute atomic E-state index is 0.0350. The second-order valence-electron chi connectivity index (χ2n) is 9.63. The third-order valence-electron chi connectivity index (χ3n) is 6.94. The summed E-state index contributed by atoms with van der Waals surface area (Å²) in [7, 11) is -7.06. The quantitative estimate of drug-likeness (QED) is 0.562. The van der Waals surface area contributed by atoms with Gasteiger partial charge < -0.3 is 9.80 Å². The van der Waals surface area contributed by atoms with E-state index >= 15 is 4.39 Å². The van der Waals surface area contributed by atoms with Gasteiger partial charge in [-0.2, -0.15) is 4.31 Å². The number of anilines is 1. The van der Waals surface area contributed by atoms with Gasteiger partial charge >= 0.3 is 0 Å². The van der Waals surface area contributed by atoms with Crippen molar-refractivity contribution < 1.29 is 26.0 Å². The van der Waals surface area contributed by atoms with E-state index in [-0.39, 0.29) is 12.6 Å². The molecule has 2 atom stereocenters. The van der Waals surface area contributed by atoms with Crippen LogP contribution in [0, 0.1) is 5.82 Å². The molecule has 2 aliphatic rings. The summed E-state index contributed by atoms with van der Waals surface area (Å²) in [5.41, 5.74) is 1.70. The molecule has 8 nitrogen and oxygen atoms in total. The highest BCUT2D eigenvalue weighted by atomic mass is 32.2. The molecule has 2 heterocycles. The van der Waals surface area contributed by atoms with Crippen molar-refractivity contribution in [2.75, 3.05) is 43.1 Å². The Hall–Kier alpha value is -2.50. The van der Waals surface area contributed by atoms with Crippen LogP contribution in [-0.4, -0.2) is 76.2 Å². The predicted molar refractivity (Wildman–Crippen MR) is 137 cm³/mol. The normalized spacial score (nSPS) is 23.0. The Labute approximate surface area is 212 Å². The lowest BCUT2D eigenvalue weighted by atomic mass is 10.0. The Morgan fingerprint density at radius 3 is 2.31 bits per heavy atom. The molecule has 2 aromatic carbocycles. The second kappa shape index (κ2) is 10.5. The maximum absolute atomic E-state index is 15.2. The summed E-state index contributed by atoms with van der Waals surface area (Å²) in [6.45, 7) is 3.42. The molecule has 0 saturated carbocycles. The van der Waals surface area contributed by atoms with E-state index < -0.39 is 42.6 Å². The number of carbonyl (C=O) groups excluding carboxylic acids is 1. The number of halogens is 1. The highest BCUT2D eigenvalue weighted by Gasteiger charge is 2.40. The number of piperazine rings is 1. The number of rotatable bonds is 6. The first-order valence-electron chi connectivity index (χ1n) is 12.0. The highest BCUT2D eigenvalue weighted by Crippen LogP contribution is 2.38. The van der Waals surface area contributed by atoms with E-state index in [4.69, 9.17) is 0 Å². The molecule has 2 aliphatic heterocycles. The molecular weight excluding hydrogens is 505 g/mol. The smallest absolute Gasteiger partial charge is 0.237 e.